The van der Waals surface area contributed by atoms with E-state index >= 15 is 0 Å². The van der Waals surface area contributed by atoms with Gasteiger partial charge in [-0.1, -0.05) is 44.2 Å². The number of benzene rings is 2. The molecule has 2 unspecified atom stereocenters. The molecule has 0 radical (unpaired) electrons. The Morgan fingerprint density at radius 3 is 2.44 bits per heavy atom. The van der Waals surface area contributed by atoms with Gasteiger partial charge in [0.15, 0.2) is 0 Å². The lowest BCUT2D eigenvalue weighted by molar-refractivity contribution is -0.146. The third-order valence-corrected chi connectivity index (χ3v) is 6.09. The molecular formula is C26H32FN3O4. The summed E-state index contributed by atoms with van der Waals surface area (Å²) in [7, 11) is 1.52. The predicted molar refractivity (Wildman–Crippen MR) is 127 cm³/mol. The smallest absolute Gasteiger partial charge is 0.254 e. The number of aryl methyl sites for hydroxylation is 1. The molecule has 3 atom stereocenters. The fourth-order valence-electron chi connectivity index (χ4n) is 4.14. The molecule has 2 N–H and O–H groups in total. The Morgan fingerprint density at radius 2 is 1.79 bits per heavy atom. The lowest BCUT2D eigenvalue weighted by Gasteiger charge is -2.40. The molecule has 1 aliphatic rings. The van der Waals surface area contributed by atoms with Crippen LogP contribution >= 0.6 is 0 Å². The number of para-hydroxylation sites is 1. The van der Waals surface area contributed by atoms with E-state index in [1.54, 1.807) is 32.9 Å². The van der Waals surface area contributed by atoms with Crippen molar-refractivity contribution < 1.29 is 23.5 Å². The number of hydrogen-bond acceptors (Lipinski definition) is 4. The minimum Gasteiger partial charge on any atom is -0.490 e. The van der Waals surface area contributed by atoms with Crippen molar-refractivity contribution in [3.63, 3.8) is 0 Å². The van der Waals surface area contributed by atoms with Gasteiger partial charge in [-0.15, -0.1) is 0 Å². The molecule has 0 aromatic heterocycles. The van der Waals surface area contributed by atoms with Crippen LogP contribution in [0, 0.1) is 18.7 Å². The molecule has 0 aliphatic carbocycles. The van der Waals surface area contributed by atoms with Crippen molar-refractivity contribution in [2.75, 3.05) is 13.6 Å². The summed E-state index contributed by atoms with van der Waals surface area (Å²) in [6.45, 7) is 5.48. The zero-order valence-electron chi connectivity index (χ0n) is 20.0. The third-order valence-electron chi connectivity index (χ3n) is 6.09. The average molecular weight is 470 g/mol. The van der Waals surface area contributed by atoms with Crippen LogP contribution in [0.5, 0.6) is 5.75 Å². The van der Waals surface area contributed by atoms with Gasteiger partial charge in [0, 0.05) is 26.4 Å². The number of piperidine rings is 1. The highest BCUT2D eigenvalue weighted by Gasteiger charge is 2.40. The third kappa shape index (κ3) is 5.73. The molecule has 0 spiro atoms. The van der Waals surface area contributed by atoms with Gasteiger partial charge in [0.05, 0.1) is 5.56 Å². The quantitative estimate of drug-likeness (QED) is 0.653. The number of ether oxygens (including phenoxy) is 1. The van der Waals surface area contributed by atoms with E-state index in [4.69, 9.17) is 4.74 Å². The summed E-state index contributed by atoms with van der Waals surface area (Å²) in [6.07, 6.45) is 0.632. The summed E-state index contributed by atoms with van der Waals surface area (Å²) in [6, 6.07) is 12.2. The maximum Gasteiger partial charge on any atom is 0.254 e. The summed E-state index contributed by atoms with van der Waals surface area (Å²) < 4.78 is 20.5. The second-order valence-corrected chi connectivity index (χ2v) is 8.87. The molecule has 34 heavy (non-hydrogen) atoms. The number of hydrogen-bond donors (Lipinski definition) is 2. The Balaban J connectivity index is 1.77. The highest BCUT2D eigenvalue weighted by Crippen LogP contribution is 2.25. The van der Waals surface area contributed by atoms with Gasteiger partial charge in [-0.2, -0.15) is 0 Å². The number of nitrogens with one attached hydrogen (secondary N) is 2. The van der Waals surface area contributed by atoms with Crippen molar-refractivity contribution in [2.24, 2.45) is 5.92 Å². The van der Waals surface area contributed by atoms with E-state index in [9.17, 15) is 18.8 Å². The summed E-state index contributed by atoms with van der Waals surface area (Å²) in [5.41, 5.74) is 0.233. The molecule has 3 amide bonds. The molecule has 0 saturated carbocycles. The van der Waals surface area contributed by atoms with E-state index < -0.39 is 23.8 Å². The lowest BCUT2D eigenvalue weighted by atomic mass is 9.94. The second-order valence-electron chi connectivity index (χ2n) is 8.87. The maximum absolute atomic E-state index is 14.5. The predicted octanol–water partition coefficient (Wildman–Crippen LogP) is 3.07. The van der Waals surface area contributed by atoms with Crippen LogP contribution in [0.3, 0.4) is 0 Å². The number of halogens is 1. The van der Waals surface area contributed by atoms with Crippen LogP contribution in [0.4, 0.5) is 4.39 Å². The fraction of sp³-hybridized carbons (Fsp3) is 0.423. The van der Waals surface area contributed by atoms with E-state index in [2.05, 4.69) is 10.6 Å². The van der Waals surface area contributed by atoms with Crippen molar-refractivity contribution in [1.29, 1.82) is 0 Å². The Morgan fingerprint density at radius 1 is 1.09 bits per heavy atom. The van der Waals surface area contributed by atoms with Crippen LogP contribution < -0.4 is 15.4 Å². The first-order valence-electron chi connectivity index (χ1n) is 11.5. The number of likely N-dealkylation sites (tertiary alicyclic amines) is 1. The highest BCUT2D eigenvalue weighted by molar-refractivity contribution is 5.98. The molecule has 1 aliphatic heterocycles. The first-order chi connectivity index (χ1) is 16.2. The van der Waals surface area contributed by atoms with E-state index in [0.29, 0.717) is 30.7 Å². The van der Waals surface area contributed by atoms with Crippen LogP contribution in [0.2, 0.25) is 0 Å². The monoisotopic (exact) mass is 469 g/mol. The van der Waals surface area contributed by atoms with Crippen molar-refractivity contribution in [3.8, 4) is 5.75 Å². The second kappa shape index (κ2) is 11.1. The van der Waals surface area contributed by atoms with Gasteiger partial charge in [-0.05, 0) is 36.6 Å². The molecule has 182 valence electrons. The Kier molecular flexibility index (Phi) is 8.26. The maximum atomic E-state index is 14.5. The van der Waals surface area contributed by atoms with E-state index in [1.165, 1.54) is 18.0 Å². The number of carbonyl (C=O) groups is 3. The minimum atomic E-state index is -0.911. The zero-order valence-corrected chi connectivity index (χ0v) is 20.0. The average Bonchev–Trinajstić information content (AvgIpc) is 2.83. The Labute approximate surface area is 199 Å². The lowest BCUT2D eigenvalue weighted by Crippen LogP contribution is -2.60. The van der Waals surface area contributed by atoms with Gasteiger partial charge in [-0.25, -0.2) is 4.39 Å². The summed E-state index contributed by atoms with van der Waals surface area (Å²) in [5.74, 6) is -1.51. The topological polar surface area (TPSA) is 87.7 Å². The van der Waals surface area contributed by atoms with Crippen LogP contribution in [0.25, 0.3) is 0 Å². The van der Waals surface area contributed by atoms with Gasteiger partial charge >= 0.3 is 0 Å². The van der Waals surface area contributed by atoms with E-state index in [0.717, 1.165) is 0 Å². The molecule has 0 bridgehead atoms. The molecule has 1 fully saturated rings. The van der Waals surface area contributed by atoms with Gasteiger partial charge in [-0.3, -0.25) is 14.4 Å². The molecule has 1 heterocycles. The number of rotatable bonds is 7. The molecular weight excluding hydrogens is 437 g/mol. The summed E-state index contributed by atoms with van der Waals surface area (Å²) >= 11 is 0. The van der Waals surface area contributed by atoms with E-state index in [-0.39, 0.29) is 29.4 Å². The van der Waals surface area contributed by atoms with Crippen LogP contribution in [0.15, 0.2) is 48.5 Å². The molecule has 1 saturated heterocycles. The van der Waals surface area contributed by atoms with Crippen molar-refractivity contribution >= 4 is 17.7 Å². The minimum absolute atomic E-state index is 0.115. The number of amides is 3. The number of likely N-dealkylation sites (N-methyl/N-ethyl adjacent to an activating group) is 1. The van der Waals surface area contributed by atoms with Gasteiger partial charge in [0.25, 0.3) is 5.91 Å². The fourth-order valence-corrected chi connectivity index (χ4v) is 4.14. The zero-order chi connectivity index (χ0) is 24.8. The molecule has 2 aromatic rings. The van der Waals surface area contributed by atoms with Crippen molar-refractivity contribution in [2.45, 2.75) is 51.8 Å². The largest absolute Gasteiger partial charge is 0.490 e. The van der Waals surface area contributed by atoms with Crippen LogP contribution in [-0.4, -0.2) is 54.4 Å². The summed E-state index contributed by atoms with van der Waals surface area (Å²) in [5, 5.41) is 5.32. The molecule has 2 aromatic carbocycles. The van der Waals surface area contributed by atoms with E-state index in [1.807, 2.05) is 30.3 Å². The summed E-state index contributed by atoms with van der Waals surface area (Å²) in [4.78, 5) is 40.6. The van der Waals surface area contributed by atoms with Crippen molar-refractivity contribution in [3.05, 3.63) is 65.5 Å². The Bertz CT molecular complexity index is 1030. The number of nitrogens with zero attached hydrogens (tertiary/aromatic N) is 1. The van der Waals surface area contributed by atoms with Gasteiger partial charge in [0.2, 0.25) is 11.8 Å². The highest BCUT2D eigenvalue weighted by atomic mass is 19.1. The normalized spacial score (nSPS) is 18.8. The molecule has 8 heteroatoms. The first-order valence-corrected chi connectivity index (χ1v) is 11.5. The first kappa shape index (κ1) is 25.2. The Hall–Kier alpha value is -3.42. The van der Waals surface area contributed by atoms with Crippen LogP contribution in [0.1, 0.15) is 42.6 Å². The molecule has 7 nitrogen and oxygen atoms in total. The number of carbonyl (C=O) groups excluding carboxylic acids is 3. The van der Waals surface area contributed by atoms with Crippen LogP contribution in [-0.2, 0) is 9.59 Å². The standard InChI is InChI=1S/C26H32FN3O4/c1-16(2)23(29-24(31)20-12-8-9-17(3)22(20)27)26(33)30-14-13-19(15-21(30)25(32)28-4)34-18-10-6-5-7-11-18/h5-12,16,19,21,23H,13-15H2,1-4H3,(H,28,32)(H,29,31)/t19-,21?,23?/m1/s1. The van der Waals surface area contributed by atoms with Crippen molar-refractivity contribution in [1.82, 2.24) is 15.5 Å². The molecule has 3 rings (SSSR count). The van der Waals surface area contributed by atoms with Gasteiger partial charge in [0.1, 0.15) is 29.8 Å². The van der Waals surface area contributed by atoms with Gasteiger partial charge < -0.3 is 20.3 Å². The SMILES string of the molecule is CNC(=O)C1C[C@H](Oc2ccccc2)CCN1C(=O)C(NC(=O)c1cccc(C)c1F)C(C)C.